The molecule has 3 N–H and O–H groups in total. The molecule has 2 unspecified atom stereocenters. The van der Waals surface area contributed by atoms with Gasteiger partial charge in [0, 0.05) is 16.6 Å². The Hall–Kier alpha value is -1.26. The second kappa shape index (κ2) is 5.38. The van der Waals surface area contributed by atoms with Gasteiger partial charge in [-0.3, -0.25) is 4.79 Å². The summed E-state index contributed by atoms with van der Waals surface area (Å²) in [7, 11) is 1.52. The normalized spacial score (nSPS) is 14.2. The largest absolute Gasteiger partial charge is 0.496 e. The number of aryl methyl sites for hydroxylation is 1. The minimum atomic E-state index is -0.948. The number of ether oxygens (including phenoxy) is 1. The van der Waals surface area contributed by atoms with Crippen LogP contribution in [0, 0.1) is 12.8 Å². The SMILES string of the molecule is COc1cc(C)c(Cl)cc1C(N)C(C)C(=O)O. The van der Waals surface area contributed by atoms with Gasteiger partial charge >= 0.3 is 5.97 Å². The molecule has 0 spiro atoms. The molecular weight excluding hydrogens is 242 g/mol. The summed E-state index contributed by atoms with van der Waals surface area (Å²) in [4.78, 5) is 10.9. The van der Waals surface area contributed by atoms with Crippen LogP contribution in [-0.4, -0.2) is 18.2 Å². The average molecular weight is 258 g/mol. The van der Waals surface area contributed by atoms with Crippen molar-refractivity contribution < 1.29 is 14.6 Å². The zero-order chi connectivity index (χ0) is 13.2. The molecule has 0 bridgehead atoms. The number of halogens is 1. The van der Waals surface area contributed by atoms with Crippen LogP contribution in [0.25, 0.3) is 0 Å². The summed E-state index contributed by atoms with van der Waals surface area (Å²) in [5, 5.41) is 9.50. The number of nitrogens with two attached hydrogens (primary N) is 1. The van der Waals surface area contributed by atoms with Crippen LogP contribution >= 0.6 is 11.6 Å². The Kier molecular flexibility index (Phi) is 4.37. The van der Waals surface area contributed by atoms with Crippen LogP contribution in [0.15, 0.2) is 12.1 Å². The van der Waals surface area contributed by atoms with E-state index in [-0.39, 0.29) is 0 Å². The van der Waals surface area contributed by atoms with Crippen molar-refractivity contribution in [3.63, 3.8) is 0 Å². The number of benzene rings is 1. The van der Waals surface area contributed by atoms with E-state index in [0.717, 1.165) is 5.56 Å². The summed E-state index contributed by atoms with van der Waals surface area (Å²) in [6, 6.07) is 2.77. The quantitative estimate of drug-likeness (QED) is 0.869. The molecule has 0 aliphatic carbocycles. The maximum absolute atomic E-state index is 10.9. The average Bonchev–Trinajstić information content (AvgIpc) is 2.29. The van der Waals surface area contributed by atoms with Gasteiger partial charge in [-0.05, 0) is 24.6 Å². The van der Waals surface area contributed by atoms with Crippen molar-refractivity contribution in [2.24, 2.45) is 11.7 Å². The zero-order valence-electron chi connectivity index (χ0n) is 10.0. The molecule has 0 aliphatic rings. The molecule has 5 heteroatoms. The predicted molar refractivity (Wildman–Crippen MR) is 66.5 cm³/mol. The molecule has 0 saturated heterocycles. The summed E-state index contributed by atoms with van der Waals surface area (Å²) in [5.74, 6) is -1.09. The first-order chi connectivity index (χ1) is 7.88. The van der Waals surface area contributed by atoms with Crippen molar-refractivity contribution in [1.82, 2.24) is 0 Å². The maximum atomic E-state index is 10.9. The molecule has 0 amide bonds. The highest BCUT2D eigenvalue weighted by Gasteiger charge is 2.24. The van der Waals surface area contributed by atoms with Crippen LogP contribution in [0.4, 0.5) is 0 Å². The number of methoxy groups -OCH3 is 1. The Morgan fingerprint density at radius 2 is 2.12 bits per heavy atom. The van der Waals surface area contributed by atoms with Gasteiger partial charge in [-0.2, -0.15) is 0 Å². The summed E-state index contributed by atoms with van der Waals surface area (Å²) in [6.45, 7) is 3.40. The van der Waals surface area contributed by atoms with Crippen molar-refractivity contribution in [1.29, 1.82) is 0 Å². The number of carboxylic acid groups (broad SMARTS) is 1. The van der Waals surface area contributed by atoms with Crippen LogP contribution in [-0.2, 0) is 4.79 Å². The fourth-order valence-corrected chi connectivity index (χ4v) is 1.70. The second-order valence-corrected chi connectivity index (χ2v) is 4.40. The molecule has 0 heterocycles. The van der Waals surface area contributed by atoms with E-state index in [1.54, 1.807) is 19.1 Å². The van der Waals surface area contributed by atoms with Crippen LogP contribution < -0.4 is 10.5 Å². The monoisotopic (exact) mass is 257 g/mol. The van der Waals surface area contributed by atoms with E-state index in [2.05, 4.69) is 0 Å². The highest BCUT2D eigenvalue weighted by atomic mass is 35.5. The lowest BCUT2D eigenvalue weighted by Gasteiger charge is -2.20. The Morgan fingerprint density at radius 1 is 1.53 bits per heavy atom. The van der Waals surface area contributed by atoms with Crippen LogP contribution in [0.5, 0.6) is 5.75 Å². The molecule has 0 aliphatic heterocycles. The van der Waals surface area contributed by atoms with E-state index in [4.69, 9.17) is 27.2 Å². The van der Waals surface area contributed by atoms with Gasteiger partial charge < -0.3 is 15.6 Å². The Labute approximate surface area is 105 Å². The topological polar surface area (TPSA) is 72.5 Å². The molecule has 0 saturated carbocycles. The van der Waals surface area contributed by atoms with Crippen molar-refractivity contribution in [3.8, 4) is 5.75 Å². The van der Waals surface area contributed by atoms with E-state index in [1.165, 1.54) is 7.11 Å². The van der Waals surface area contributed by atoms with Gasteiger partial charge in [0.2, 0.25) is 0 Å². The summed E-state index contributed by atoms with van der Waals surface area (Å²) < 4.78 is 5.20. The third-order valence-corrected chi connectivity index (χ3v) is 3.21. The van der Waals surface area contributed by atoms with Gasteiger partial charge in [-0.25, -0.2) is 0 Å². The predicted octanol–water partition coefficient (Wildman–Crippen LogP) is 2.38. The van der Waals surface area contributed by atoms with Crippen molar-refractivity contribution in [3.05, 3.63) is 28.3 Å². The fraction of sp³-hybridized carbons (Fsp3) is 0.417. The minimum Gasteiger partial charge on any atom is -0.496 e. The number of rotatable bonds is 4. The molecule has 1 aromatic rings. The number of hydrogen-bond donors (Lipinski definition) is 2. The van der Waals surface area contributed by atoms with E-state index in [1.807, 2.05) is 6.92 Å². The first-order valence-corrected chi connectivity index (χ1v) is 5.58. The molecule has 0 fully saturated rings. The second-order valence-electron chi connectivity index (χ2n) is 4.00. The molecule has 4 nitrogen and oxygen atoms in total. The molecule has 1 rings (SSSR count). The van der Waals surface area contributed by atoms with Crippen LogP contribution in [0.1, 0.15) is 24.1 Å². The number of carboxylic acids is 1. The highest BCUT2D eigenvalue weighted by molar-refractivity contribution is 6.31. The maximum Gasteiger partial charge on any atom is 0.308 e. The van der Waals surface area contributed by atoms with E-state index < -0.39 is 17.9 Å². The standard InChI is InChI=1S/C12H16ClNO3/c1-6-4-10(17-3)8(5-9(6)13)11(14)7(2)12(15)16/h4-5,7,11H,14H2,1-3H3,(H,15,16). The van der Waals surface area contributed by atoms with Gasteiger partial charge in [0.1, 0.15) is 5.75 Å². The molecule has 2 atom stereocenters. The summed E-state index contributed by atoms with van der Waals surface area (Å²) >= 11 is 6.01. The minimum absolute atomic E-state index is 0.550. The van der Waals surface area contributed by atoms with E-state index in [9.17, 15) is 4.79 Å². The lowest BCUT2D eigenvalue weighted by Crippen LogP contribution is -2.26. The lowest BCUT2D eigenvalue weighted by molar-refractivity contribution is -0.141. The highest BCUT2D eigenvalue weighted by Crippen LogP contribution is 2.33. The Balaban J connectivity index is 3.20. The third-order valence-electron chi connectivity index (χ3n) is 2.80. The summed E-state index contributed by atoms with van der Waals surface area (Å²) in [6.07, 6.45) is 0. The molecule has 94 valence electrons. The van der Waals surface area contributed by atoms with Gasteiger partial charge in [0.15, 0.2) is 0 Å². The zero-order valence-corrected chi connectivity index (χ0v) is 10.8. The van der Waals surface area contributed by atoms with Gasteiger partial charge in [-0.1, -0.05) is 18.5 Å². The third kappa shape index (κ3) is 2.90. The Morgan fingerprint density at radius 3 is 2.59 bits per heavy atom. The van der Waals surface area contributed by atoms with Gasteiger partial charge in [0.25, 0.3) is 0 Å². The van der Waals surface area contributed by atoms with Gasteiger partial charge in [0.05, 0.1) is 13.0 Å². The van der Waals surface area contributed by atoms with E-state index >= 15 is 0 Å². The Bertz CT molecular complexity index is 434. The molecule has 1 aromatic carbocycles. The molecule has 17 heavy (non-hydrogen) atoms. The smallest absolute Gasteiger partial charge is 0.308 e. The number of hydrogen-bond acceptors (Lipinski definition) is 3. The fourth-order valence-electron chi connectivity index (χ4n) is 1.53. The van der Waals surface area contributed by atoms with Crippen molar-refractivity contribution in [2.45, 2.75) is 19.9 Å². The van der Waals surface area contributed by atoms with Crippen LogP contribution in [0.3, 0.4) is 0 Å². The molecule has 0 radical (unpaired) electrons. The number of aliphatic carboxylic acids is 1. The first kappa shape index (κ1) is 13.8. The van der Waals surface area contributed by atoms with Crippen LogP contribution in [0.2, 0.25) is 5.02 Å². The molecular formula is C12H16ClNO3. The van der Waals surface area contributed by atoms with E-state index in [0.29, 0.717) is 16.3 Å². The van der Waals surface area contributed by atoms with Crippen molar-refractivity contribution in [2.75, 3.05) is 7.11 Å². The molecule has 0 aromatic heterocycles. The number of carbonyl (C=O) groups is 1. The first-order valence-electron chi connectivity index (χ1n) is 5.21. The van der Waals surface area contributed by atoms with Crippen molar-refractivity contribution >= 4 is 17.6 Å². The lowest BCUT2D eigenvalue weighted by atomic mass is 9.94. The summed E-state index contributed by atoms with van der Waals surface area (Å²) in [5.41, 5.74) is 7.39. The van der Waals surface area contributed by atoms with Gasteiger partial charge in [-0.15, -0.1) is 0 Å².